The Bertz CT molecular complexity index is 724. The maximum absolute atomic E-state index is 6.27. The predicted molar refractivity (Wildman–Crippen MR) is 116 cm³/mol. The number of fused-ring (bicyclic) bond motifs is 1. The van der Waals surface area contributed by atoms with Crippen molar-refractivity contribution in [2.75, 3.05) is 6.61 Å². The van der Waals surface area contributed by atoms with Gasteiger partial charge in [-0.3, -0.25) is 0 Å². The van der Waals surface area contributed by atoms with E-state index >= 15 is 0 Å². The van der Waals surface area contributed by atoms with E-state index in [1.807, 2.05) is 0 Å². The van der Waals surface area contributed by atoms with E-state index in [9.17, 15) is 0 Å². The molecular formula is C21H35NO2Si2. The van der Waals surface area contributed by atoms with Gasteiger partial charge in [-0.2, -0.15) is 0 Å². The highest BCUT2D eigenvalue weighted by Gasteiger charge is 2.25. The summed E-state index contributed by atoms with van der Waals surface area (Å²) in [4.78, 5) is 0. The van der Waals surface area contributed by atoms with E-state index in [1.54, 1.807) is 0 Å². The molecule has 1 heterocycles. The molecule has 2 radical (unpaired) electrons. The zero-order valence-corrected chi connectivity index (χ0v) is 19.8. The van der Waals surface area contributed by atoms with Crippen LogP contribution in [0.1, 0.15) is 40.2 Å². The Morgan fingerprint density at radius 3 is 2.35 bits per heavy atom. The Morgan fingerprint density at radius 2 is 1.73 bits per heavy atom. The lowest BCUT2D eigenvalue weighted by Gasteiger charge is -2.29. The van der Waals surface area contributed by atoms with Crippen LogP contribution < -0.4 is 0 Å². The third kappa shape index (κ3) is 6.37. The number of hydrogen-bond donors (Lipinski definition) is 0. The molecule has 1 aromatic heterocycles. The van der Waals surface area contributed by atoms with Crippen molar-refractivity contribution in [1.29, 1.82) is 0 Å². The molecule has 0 aliphatic rings. The molecule has 0 unspecified atom stereocenters. The first-order chi connectivity index (χ1) is 11.9. The number of ether oxygens (including phenoxy) is 1. The molecule has 0 aliphatic carbocycles. The first-order valence-corrected chi connectivity index (χ1v) is 14.1. The van der Waals surface area contributed by atoms with Crippen LogP contribution in [0.4, 0.5) is 0 Å². The second-order valence-electron chi connectivity index (χ2n) is 9.87. The van der Waals surface area contributed by atoms with E-state index in [1.165, 1.54) is 22.5 Å². The molecule has 0 spiro atoms. The molecule has 0 N–H and O–H groups in total. The topological polar surface area (TPSA) is 23.4 Å². The van der Waals surface area contributed by atoms with Crippen molar-refractivity contribution in [2.24, 2.45) is 0 Å². The molecule has 1 aromatic carbocycles. The van der Waals surface area contributed by atoms with Crippen molar-refractivity contribution in [3.05, 3.63) is 36.0 Å². The van der Waals surface area contributed by atoms with E-state index in [-0.39, 0.29) is 10.6 Å². The van der Waals surface area contributed by atoms with Gasteiger partial charge in [0.1, 0.15) is 6.73 Å². The number of rotatable bonds is 8. The summed E-state index contributed by atoms with van der Waals surface area (Å²) in [5, 5.41) is 1.43. The lowest BCUT2D eigenvalue weighted by atomic mass is 9.97. The summed E-state index contributed by atoms with van der Waals surface area (Å²) in [5.41, 5.74) is 2.13. The Kier molecular flexibility index (Phi) is 6.59. The molecule has 2 rings (SSSR count). The summed E-state index contributed by atoms with van der Waals surface area (Å²) < 4.78 is 14.4. The summed E-state index contributed by atoms with van der Waals surface area (Å²) in [5.74, 6) is 0. The van der Waals surface area contributed by atoms with Crippen LogP contribution >= 0.6 is 0 Å². The standard InChI is InChI=1S/C21H35NO2Si2/c1-20(2,3)25-24-21(4,5)18-10-9-17-11-12-22(19(17)15-18)16-23-13-14-26(6,7)8/h9-12,15H,13-14,16H2,1-8H3. The van der Waals surface area contributed by atoms with Crippen LogP contribution in [0.3, 0.4) is 0 Å². The molecule has 0 aliphatic heterocycles. The first kappa shape index (κ1) is 21.4. The lowest BCUT2D eigenvalue weighted by Crippen LogP contribution is -2.27. The van der Waals surface area contributed by atoms with Gasteiger partial charge in [-0.25, -0.2) is 0 Å². The van der Waals surface area contributed by atoms with Crippen molar-refractivity contribution >= 4 is 28.7 Å². The van der Waals surface area contributed by atoms with E-state index in [2.05, 4.69) is 89.3 Å². The second-order valence-corrected chi connectivity index (χ2v) is 17.4. The fourth-order valence-corrected chi connectivity index (χ4v) is 3.99. The average Bonchev–Trinajstić information content (AvgIpc) is 2.90. The average molecular weight is 390 g/mol. The Labute approximate surface area is 163 Å². The van der Waals surface area contributed by atoms with Crippen molar-refractivity contribution < 1.29 is 9.16 Å². The molecule has 0 saturated carbocycles. The summed E-state index contributed by atoms with van der Waals surface area (Å²) >= 11 is 0. The molecule has 2 aromatic rings. The van der Waals surface area contributed by atoms with Crippen molar-refractivity contribution in [3.63, 3.8) is 0 Å². The van der Waals surface area contributed by atoms with E-state index in [0.29, 0.717) is 16.5 Å². The molecule has 0 bridgehead atoms. The van der Waals surface area contributed by atoms with Gasteiger partial charge in [0, 0.05) is 20.9 Å². The van der Waals surface area contributed by atoms with Crippen LogP contribution in [0.15, 0.2) is 30.5 Å². The number of aromatic nitrogens is 1. The normalized spacial score (nSPS) is 13.5. The minimum absolute atomic E-state index is 0.186. The van der Waals surface area contributed by atoms with Gasteiger partial charge in [-0.1, -0.05) is 52.5 Å². The number of benzene rings is 1. The van der Waals surface area contributed by atoms with Crippen LogP contribution in [-0.2, 0) is 21.5 Å². The van der Waals surface area contributed by atoms with E-state index in [0.717, 1.165) is 6.61 Å². The predicted octanol–water partition coefficient (Wildman–Crippen LogP) is 6.04. The maximum Gasteiger partial charge on any atom is 0.236 e. The number of nitrogens with zero attached hydrogens (tertiary/aromatic N) is 1. The number of hydrogen-bond acceptors (Lipinski definition) is 2. The smallest absolute Gasteiger partial charge is 0.236 e. The summed E-state index contributed by atoms with van der Waals surface area (Å²) in [6.45, 7) is 19.6. The molecule has 3 nitrogen and oxygen atoms in total. The monoisotopic (exact) mass is 389 g/mol. The summed E-state index contributed by atoms with van der Waals surface area (Å²) in [6.07, 6.45) is 2.12. The Hall–Kier alpha value is -0.886. The molecule has 0 atom stereocenters. The molecular weight excluding hydrogens is 354 g/mol. The molecule has 0 amide bonds. The highest BCUT2D eigenvalue weighted by Crippen LogP contribution is 2.31. The van der Waals surface area contributed by atoms with Gasteiger partial charge in [0.15, 0.2) is 0 Å². The third-order valence-electron chi connectivity index (χ3n) is 4.31. The second kappa shape index (κ2) is 8.01. The van der Waals surface area contributed by atoms with Gasteiger partial charge < -0.3 is 13.7 Å². The lowest BCUT2D eigenvalue weighted by molar-refractivity contribution is 0.0900. The van der Waals surface area contributed by atoms with Gasteiger partial charge in [-0.15, -0.1) is 0 Å². The zero-order chi connectivity index (χ0) is 19.6. The largest absolute Gasteiger partial charge is 0.408 e. The van der Waals surface area contributed by atoms with Crippen LogP contribution in [0, 0.1) is 0 Å². The Balaban J connectivity index is 2.11. The molecule has 0 saturated heterocycles. The highest BCUT2D eigenvalue weighted by atomic mass is 28.3. The van der Waals surface area contributed by atoms with Crippen LogP contribution in [0.5, 0.6) is 0 Å². The van der Waals surface area contributed by atoms with Gasteiger partial charge in [0.2, 0.25) is 9.76 Å². The molecule has 144 valence electrons. The molecule has 5 heteroatoms. The zero-order valence-electron chi connectivity index (χ0n) is 17.8. The molecule has 26 heavy (non-hydrogen) atoms. The fraction of sp³-hybridized carbons (Fsp3) is 0.619. The quantitative estimate of drug-likeness (QED) is 0.406. The van der Waals surface area contributed by atoms with Gasteiger partial charge in [0.25, 0.3) is 0 Å². The van der Waals surface area contributed by atoms with Crippen LogP contribution in [0.2, 0.25) is 30.7 Å². The van der Waals surface area contributed by atoms with Crippen molar-refractivity contribution in [3.8, 4) is 0 Å². The van der Waals surface area contributed by atoms with Crippen LogP contribution in [-0.4, -0.2) is 29.0 Å². The fourth-order valence-electron chi connectivity index (χ4n) is 2.55. The summed E-state index contributed by atoms with van der Waals surface area (Å²) in [6, 6.07) is 9.99. The highest BCUT2D eigenvalue weighted by molar-refractivity contribution is 6.76. The van der Waals surface area contributed by atoms with Crippen molar-refractivity contribution in [2.45, 2.75) is 77.7 Å². The maximum atomic E-state index is 6.27. The first-order valence-electron chi connectivity index (χ1n) is 9.50. The summed E-state index contributed by atoms with van der Waals surface area (Å²) in [7, 11) is -0.574. The van der Waals surface area contributed by atoms with Crippen molar-refractivity contribution in [1.82, 2.24) is 4.57 Å². The van der Waals surface area contributed by atoms with Crippen LogP contribution in [0.25, 0.3) is 10.9 Å². The van der Waals surface area contributed by atoms with Gasteiger partial charge in [0.05, 0.1) is 11.1 Å². The third-order valence-corrected chi connectivity index (χ3v) is 7.24. The Morgan fingerprint density at radius 1 is 1.04 bits per heavy atom. The minimum Gasteiger partial charge on any atom is -0.408 e. The van der Waals surface area contributed by atoms with Gasteiger partial charge >= 0.3 is 0 Å². The van der Waals surface area contributed by atoms with E-state index < -0.39 is 8.07 Å². The van der Waals surface area contributed by atoms with Gasteiger partial charge in [-0.05, 0) is 48.0 Å². The SMILES string of the molecule is CC(C)(C)[Si]OC(C)(C)c1ccc2ccn(COCC[Si](C)(C)C)c2c1. The molecule has 0 fully saturated rings. The minimum atomic E-state index is -1.04. The van der Waals surface area contributed by atoms with E-state index in [4.69, 9.17) is 9.16 Å².